The second-order valence-electron chi connectivity index (χ2n) is 7.17. The molecule has 1 heterocycles. The number of anilines is 1. The van der Waals surface area contributed by atoms with Crippen molar-refractivity contribution in [3.63, 3.8) is 0 Å². The van der Waals surface area contributed by atoms with Crippen LogP contribution in [0, 0.1) is 10.1 Å². The smallest absolute Gasteiger partial charge is 0.270 e. The van der Waals surface area contributed by atoms with Gasteiger partial charge in [-0.05, 0) is 37.3 Å². The van der Waals surface area contributed by atoms with Gasteiger partial charge in [-0.15, -0.1) is 0 Å². The lowest BCUT2D eigenvalue weighted by Crippen LogP contribution is -2.30. The van der Waals surface area contributed by atoms with Crippen LogP contribution in [-0.4, -0.2) is 47.8 Å². The minimum atomic E-state index is -3.71. The summed E-state index contributed by atoms with van der Waals surface area (Å²) in [6.45, 7) is 6.23. The molecular formula is C22H26N4O6S. The molecule has 1 amide bonds. The monoisotopic (exact) mass is 474 g/mol. The maximum atomic E-state index is 12.9. The van der Waals surface area contributed by atoms with Gasteiger partial charge in [-0.3, -0.25) is 14.9 Å². The van der Waals surface area contributed by atoms with E-state index >= 15 is 0 Å². The van der Waals surface area contributed by atoms with Crippen LogP contribution in [0.1, 0.15) is 20.8 Å². The first-order chi connectivity index (χ1) is 15.7. The predicted molar refractivity (Wildman–Crippen MR) is 125 cm³/mol. The zero-order chi connectivity index (χ0) is 24.2. The molecule has 0 aliphatic rings. The third-order valence-electron chi connectivity index (χ3n) is 5.15. The summed E-state index contributed by atoms with van der Waals surface area (Å²) >= 11 is 0. The van der Waals surface area contributed by atoms with Crippen LogP contribution in [0.2, 0.25) is 0 Å². The lowest BCUT2D eigenvalue weighted by molar-refractivity contribution is -0.384. The van der Waals surface area contributed by atoms with Crippen LogP contribution >= 0.6 is 0 Å². The third kappa shape index (κ3) is 5.15. The molecule has 2 aromatic carbocycles. The molecule has 10 nitrogen and oxygen atoms in total. The summed E-state index contributed by atoms with van der Waals surface area (Å²) in [5.74, 6) is -0.0403. The Morgan fingerprint density at radius 2 is 1.85 bits per heavy atom. The Kier molecular flexibility index (Phi) is 7.34. The van der Waals surface area contributed by atoms with Gasteiger partial charge >= 0.3 is 0 Å². The van der Waals surface area contributed by atoms with E-state index in [0.29, 0.717) is 36.3 Å². The number of nitro groups is 1. The number of hydrogen-bond donors (Lipinski definition) is 1. The van der Waals surface area contributed by atoms with Gasteiger partial charge in [-0.1, -0.05) is 13.8 Å². The number of carbonyl (C=O) groups excluding carboxylic acids is 1. The van der Waals surface area contributed by atoms with Crippen LogP contribution in [0.3, 0.4) is 0 Å². The predicted octanol–water partition coefficient (Wildman–Crippen LogP) is 3.62. The Bertz CT molecular complexity index is 1280. The fourth-order valence-electron chi connectivity index (χ4n) is 3.54. The summed E-state index contributed by atoms with van der Waals surface area (Å²) in [7, 11) is -3.71. The van der Waals surface area contributed by atoms with E-state index in [1.165, 1.54) is 34.6 Å². The van der Waals surface area contributed by atoms with Gasteiger partial charge in [0.15, 0.2) is 0 Å². The Labute approximate surface area is 192 Å². The van der Waals surface area contributed by atoms with Crippen LogP contribution in [0.5, 0.6) is 5.75 Å². The fraction of sp³-hybridized carbons (Fsp3) is 0.318. The van der Waals surface area contributed by atoms with E-state index < -0.39 is 20.9 Å². The third-order valence-corrected chi connectivity index (χ3v) is 7.19. The number of nitrogens with zero attached hydrogens (tertiary/aromatic N) is 3. The van der Waals surface area contributed by atoms with Crippen LogP contribution in [-0.2, 0) is 21.4 Å². The van der Waals surface area contributed by atoms with Crippen molar-refractivity contribution in [2.75, 3.05) is 25.0 Å². The average Bonchev–Trinajstić information content (AvgIpc) is 3.17. The first-order valence-corrected chi connectivity index (χ1v) is 11.9. The lowest BCUT2D eigenvalue weighted by atomic mass is 10.2. The fourth-order valence-corrected chi connectivity index (χ4v) is 5.03. The molecule has 11 heteroatoms. The van der Waals surface area contributed by atoms with Crippen molar-refractivity contribution in [1.82, 2.24) is 8.87 Å². The summed E-state index contributed by atoms with van der Waals surface area (Å²) in [6.07, 6.45) is 1.67. The van der Waals surface area contributed by atoms with Crippen LogP contribution in [0.15, 0.2) is 53.6 Å². The molecule has 0 fully saturated rings. The van der Waals surface area contributed by atoms with E-state index in [4.69, 9.17) is 4.74 Å². The zero-order valence-corrected chi connectivity index (χ0v) is 19.5. The summed E-state index contributed by atoms with van der Waals surface area (Å²) in [5, 5.41) is 14.4. The Hall–Kier alpha value is -3.44. The Morgan fingerprint density at radius 1 is 1.12 bits per heavy atom. The van der Waals surface area contributed by atoms with E-state index in [-0.39, 0.29) is 22.8 Å². The van der Waals surface area contributed by atoms with Crippen LogP contribution < -0.4 is 10.1 Å². The maximum Gasteiger partial charge on any atom is 0.270 e. The van der Waals surface area contributed by atoms with E-state index in [2.05, 4.69) is 5.32 Å². The van der Waals surface area contributed by atoms with Crippen molar-refractivity contribution in [1.29, 1.82) is 0 Å². The molecule has 0 radical (unpaired) electrons. The molecular weight excluding hydrogens is 448 g/mol. The van der Waals surface area contributed by atoms with Gasteiger partial charge in [-0.2, -0.15) is 4.31 Å². The number of nitro benzene ring substituents is 1. The summed E-state index contributed by atoms with van der Waals surface area (Å²) in [4.78, 5) is 23.4. The number of carbonyl (C=O) groups is 1. The molecule has 0 aliphatic carbocycles. The zero-order valence-electron chi connectivity index (χ0n) is 18.6. The highest BCUT2D eigenvalue weighted by molar-refractivity contribution is 7.89. The van der Waals surface area contributed by atoms with Crippen LogP contribution in [0.4, 0.5) is 11.4 Å². The second-order valence-corrected chi connectivity index (χ2v) is 9.11. The number of nitrogens with one attached hydrogen (secondary N) is 1. The first-order valence-electron chi connectivity index (χ1n) is 10.5. The molecule has 33 heavy (non-hydrogen) atoms. The molecule has 0 saturated heterocycles. The number of aromatic nitrogens is 1. The number of ether oxygens (including phenoxy) is 1. The lowest BCUT2D eigenvalue weighted by Gasteiger charge is -2.20. The minimum absolute atomic E-state index is 0.0303. The second kappa shape index (κ2) is 10.0. The molecule has 0 saturated carbocycles. The van der Waals surface area contributed by atoms with Crippen molar-refractivity contribution in [3.05, 3.63) is 58.8 Å². The maximum absolute atomic E-state index is 12.9. The van der Waals surface area contributed by atoms with Crippen molar-refractivity contribution >= 4 is 38.2 Å². The highest BCUT2D eigenvalue weighted by Gasteiger charge is 2.23. The first kappa shape index (κ1) is 24.2. The van der Waals surface area contributed by atoms with Gasteiger partial charge in [0.05, 0.1) is 22.1 Å². The number of hydrogen-bond acceptors (Lipinski definition) is 6. The summed E-state index contributed by atoms with van der Waals surface area (Å²) < 4.78 is 34.4. The average molecular weight is 475 g/mol. The standard InChI is InChI=1S/C22H26N4O6S/c1-4-25(5-2)33(30,31)18-8-10-21(32-6-3)19(14-18)23-22(27)15-24-12-11-16-13-17(26(28)29)7-9-20(16)24/h7-14H,4-6,15H2,1-3H3,(H,23,27). The molecule has 1 N–H and O–H groups in total. The topological polar surface area (TPSA) is 124 Å². The Balaban J connectivity index is 1.88. The molecule has 0 spiro atoms. The molecule has 1 aromatic heterocycles. The highest BCUT2D eigenvalue weighted by Crippen LogP contribution is 2.30. The van der Waals surface area contributed by atoms with Crippen molar-refractivity contribution < 1.29 is 22.9 Å². The number of rotatable bonds is 10. The van der Waals surface area contributed by atoms with Gasteiger partial charge in [0.1, 0.15) is 12.3 Å². The Morgan fingerprint density at radius 3 is 2.48 bits per heavy atom. The molecule has 0 atom stereocenters. The normalized spacial score (nSPS) is 11.6. The van der Waals surface area contributed by atoms with Gasteiger partial charge in [0.25, 0.3) is 5.69 Å². The summed E-state index contributed by atoms with van der Waals surface area (Å²) in [6, 6.07) is 10.5. The van der Waals surface area contributed by atoms with Crippen molar-refractivity contribution in [2.24, 2.45) is 0 Å². The summed E-state index contributed by atoms with van der Waals surface area (Å²) in [5.41, 5.74) is 0.887. The van der Waals surface area contributed by atoms with Crippen molar-refractivity contribution in [3.8, 4) is 5.75 Å². The quantitative estimate of drug-likeness (QED) is 0.354. The number of sulfonamides is 1. The van der Waals surface area contributed by atoms with E-state index in [1.807, 2.05) is 0 Å². The number of amides is 1. The number of benzene rings is 2. The van der Waals surface area contributed by atoms with E-state index in [9.17, 15) is 23.3 Å². The molecule has 0 bridgehead atoms. The molecule has 0 unspecified atom stereocenters. The largest absolute Gasteiger partial charge is 0.492 e. The van der Waals surface area contributed by atoms with E-state index in [0.717, 1.165) is 0 Å². The molecule has 3 rings (SSSR count). The molecule has 0 aliphatic heterocycles. The minimum Gasteiger partial charge on any atom is -0.492 e. The van der Waals surface area contributed by atoms with Crippen molar-refractivity contribution in [2.45, 2.75) is 32.2 Å². The highest BCUT2D eigenvalue weighted by atomic mass is 32.2. The SMILES string of the molecule is CCOc1ccc(S(=O)(=O)N(CC)CC)cc1NC(=O)Cn1ccc2cc([N+](=O)[O-])ccc21. The van der Waals surface area contributed by atoms with Gasteiger partial charge in [0, 0.05) is 42.3 Å². The van der Waals surface area contributed by atoms with E-state index in [1.54, 1.807) is 43.7 Å². The number of non-ortho nitro benzene ring substituents is 1. The molecule has 176 valence electrons. The van der Waals surface area contributed by atoms with Crippen LogP contribution in [0.25, 0.3) is 10.9 Å². The van der Waals surface area contributed by atoms with Gasteiger partial charge in [0.2, 0.25) is 15.9 Å². The molecule has 3 aromatic rings. The van der Waals surface area contributed by atoms with Gasteiger partial charge in [-0.25, -0.2) is 8.42 Å². The van der Waals surface area contributed by atoms with Gasteiger partial charge < -0.3 is 14.6 Å². The number of fused-ring (bicyclic) bond motifs is 1.